The van der Waals surface area contributed by atoms with Crippen molar-refractivity contribution >= 4 is 12.1 Å². The quantitative estimate of drug-likeness (QED) is 0.852. The Morgan fingerprint density at radius 2 is 1.90 bits per heavy atom. The molecule has 21 heavy (non-hydrogen) atoms. The first kappa shape index (κ1) is 16.0. The molecule has 2 fully saturated rings. The second-order valence-corrected chi connectivity index (χ2v) is 6.92. The molecule has 2 atom stereocenters. The summed E-state index contributed by atoms with van der Waals surface area (Å²) in [5.41, 5.74) is -2.67. The lowest BCUT2D eigenvalue weighted by Crippen LogP contribution is -2.47. The molecule has 0 aromatic heterocycles. The van der Waals surface area contributed by atoms with E-state index in [2.05, 4.69) is 0 Å². The molecule has 0 spiro atoms. The first-order chi connectivity index (χ1) is 9.49. The number of carbonyl (C=O) groups is 2. The van der Waals surface area contributed by atoms with Crippen molar-refractivity contribution in [1.82, 2.24) is 4.90 Å². The zero-order valence-electron chi connectivity index (χ0n) is 12.5. The van der Waals surface area contributed by atoms with E-state index in [4.69, 9.17) is 4.74 Å². The summed E-state index contributed by atoms with van der Waals surface area (Å²) in [5.74, 6) is -5.38. The highest BCUT2D eigenvalue weighted by Gasteiger charge is 2.79. The number of hydrogen-bond donors (Lipinski definition) is 1. The summed E-state index contributed by atoms with van der Waals surface area (Å²) in [4.78, 5) is 24.6. The van der Waals surface area contributed by atoms with E-state index in [1.54, 1.807) is 20.8 Å². The Balaban J connectivity index is 2.08. The summed E-state index contributed by atoms with van der Waals surface area (Å²) < 4.78 is 32.4. The highest BCUT2D eigenvalue weighted by Crippen LogP contribution is 2.66. The molecule has 1 aliphatic carbocycles. The number of alkyl halides is 2. The maximum absolute atomic E-state index is 13.6. The van der Waals surface area contributed by atoms with Crippen molar-refractivity contribution in [2.45, 2.75) is 51.6 Å². The lowest BCUT2D eigenvalue weighted by Gasteiger charge is -2.36. The first-order valence-corrected chi connectivity index (χ1v) is 7.09. The van der Waals surface area contributed by atoms with Crippen molar-refractivity contribution in [3.8, 4) is 0 Å². The molecule has 1 heterocycles. The molecule has 2 aliphatic rings. The zero-order chi connectivity index (χ0) is 16.1. The lowest BCUT2D eigenvalue weighted by atomic mass is 9.82. The molecule has 120 valence electrons. The van der Waals surface area contributed by atoms with Gasteiger partial charge in [0.15, 0.2) is 0 Å². The number of carboxylic acids is 1. The normalized spacial score (nSPS) is 31.7. The Bertz CT molecular complexity index is 460. The largest absolute Gasteiger partial charge is 0.481 e. The number of piperidine rings is 1. The Kier molecular flexibility index (Phi) is 3.66. The molecule has 5 nitrogen and oxygen atoms in total. The number of carboxylic acid groups (broad SMARTS) is 1. The molecule has 1 amide bonds. The average molecular weight is 305 g/mol. The first-order valence-electron chi connectivity index (χ1n) is 7.09. The highest BCUT2D eigenvalue weighted by atomic mass is 19.3. The maximum atomic E-state index is 13.6. The van der Waals surface area contributed by atoms with Crippen LogP contribution in [-0.4, -0.2) is 46.7 Å². The van der Waals surface area contributed by atoms with Gasteiger partial charge in [0.05, 0.1) is 0 Å². The van der Waals surface area contributed by atoms with Crippen LogP contribution in [0.5, 0.6) is 0 Å². The van der Waals surface area contributed by atoms with E-state index in [9.17, 15) is 23.5 Å². The average Bonchev–Trinajstić information content (AvgIpc) is 2.92. The fraction of sp³-hybridized carbons (Fsp3) is 0.857. The molecule has 0 aromatic carbocycles. The van der Waals surface area contributed by atoms with Gasteiger partial charge in [-0.05, 0) is 39.5 Å². The monoisotopic (exact) mass is 305 g/mol. The molecule has 0 radical (unpaired) electrons. The van der Waals surface area contributed by atoms with E-state index in [0.29, 0.717) is 19.4 Å². The minimum Gasteiger partial charge on any atom is -0.481 e. The van der Waals surface area contributed by atoms with Crippen LogP contribution in [0.25, 0.3) is 0 Å². The lowest BCUT2D eigenvalue weighted by molar-refractivity contribution is -0.152. The van der Waals surface area contributed by atoms with Gasteiger partial charge in [0.25, 0.3) is 5.92 Å². The molecule has 0 aromatic rings. The van der Waals surface area contributed by atoms with Gasteiger partial charge in [0.2, 0.25) is 0 Å². The molecule has 2 rings (SSSR count). The van der Waals surface area contributed by atoms with E-state index in [1.807, 2.05) is 0 Å². The number of rotatable bonds is 2. The van der Waals surface area contributed by atoms with E-state index in [0.717, 1.165) is 0 Å². The van der Waals surface area contributed by atoms with Crippen molar-refractivity contribution in [3.63, 3.8) is 0 Å². The van der Waals surface area contributed by atoms with Crippen LogP contribution in [0.1, 0.15) is 40.0 Å². The molecule has 1 saturated heterocycles. The number of halogens is 2. The predicted molar refractivity (Wildman–Crippen MR) is 70.2 cm³/mol. The summed E-state index contributed by atoms with van der Waals surface area (Å²) in [6.45, 7) is 5.59. The van der Waals surface area contributed by atoms with E-state index in [1.165, 1.54) is 4.90 Å². The number of amides is 1. The number of likely N-dealkylation sites (tertiary alicyclic amines) is 1. The molecule has 7 heteroatoms. The second-order valence-electron chi connectivity index (χ2n) is 6.92. The summed E-state index contributed by atoms with van der Waals surface area (Å²) in [6, 6.07) is 0. The predicted octanol–water partition coefficient (Wildman–Crippen LogP) is 2.74. The van der Waals surface area contributed by atoms with Gasteiger partial charge in [-0.3, -0.25) is 4.79 Å². The number of aliphatic carboxylic acids is 1. The minimum absolute atomic E-state index is 0.0107. The Hall–Kier alpha value is -1.40. The Morgan fingerprint density at radius 1 is 1.33 bits per heavy atom. The van der Waals surface area contributed by atoms with Crippen molar-refractivity contribution in [2.75, 3.05) is 13.1 Å². The van der Waals surface area contributed by atoms with Crippen LogP contribution in [0.15, 0.2) is 0 Å². The van der Waals surface area contributed by atoms with Crippen LogP contribution in [0.3, 0.4) is 0 Å². The number of carbonyl (C=O) groups excluding carboxylic acids is 1. The molecular weight excluding hydrogens is 284 g/mol. The van der Waals surface area contributed by atoms with Crippen LogP contribution in [0.4, 0.5) is 13.6 Å². The third-order valence-electron chi connectivity index (χ3n) is 4.18. The third-order valence-corrected chi connectivity index (χ3v) is 4.18. The Labute approximate surface area is 122 Å². The van der Waals surface area contributed by atoms with Crippen LogP contribution in [0.2, 0.25) is 0 Å². The fourth-order valence-corrected chi connectivity index (χ4v) is 3.03. The van der Waals surface area contributed by atoms with Gasteiger partial charge in [0, 0.05) is 19.5 Å². The van der Waals surface area contributed by atoms with Gasteiger partial charge in [-0.25, -0.2) is 13.6 Å². The summed E-state index contributed by atoms with van der Waals surface area (Å²) in [5, 5.41) is 9.19. The van der Waals surface area contributed by atoms with E-state index in [-0.39, 0.29) is 6.54 Å². The van der Waals surface area contributed by atoms with Crippen molar-refractivity contribution in [1.29, 1.82) is 0 Å². The van der Waals surface area contributed by atoms with Crippen molar-refractivity contribution < 1.29 is 28.2 Å². The number of ether oxygens (including phenoxy) is 1. The second kappa shape index (κ2) is 4.81. The smallest absolute Gasteiger partial charge is 0.410 e. The van der Waals surface area contributed by atoms with E-state index < -0.39 is 41.3 Å². The summed E-state index contributed by atoms with van der Waals surface area (Å²) in [7, 11) is 0. The number of hydrogen-bond acceptors (Lipinski definition) is 3. The summed E-state index contributed by atoms with van der Waals surface area (Å²) in [6.07, 6.45) is -0.310. The summed E-state index contributed by atoms with van der Waals surface area (Å²) >= 11 is 0. The van der Waals surface area contributed by atoms with Gasteiger partial charge >= 0.3 is 12.1 Å². The standard InChI is InChI=1S/C14H21F2NO4/c1-12(2,3)21-11(20)17-6-4-5-9(7-17)13(10(18)19)8-14(13,15)16/h9H,4-8H2,1-3H3,(H,18,19). The zero-order valence-corrected chi connectivity index (χ0v) is 12.5. The van der Waals surface area contributed by atoms with Crippen LogP contribution in [0, 0.1) is 11.3 Å². The molecule has 1 N–H and O–H groups in total. The van der Waals surface area contributed by atoms with Gasteiger partial charge in [-0.1, -0.05) is 0 Å². The van der Waals surface area contributed by atoms with Gasteiger partial charge < -0.3 is 14.7 Å². The fourth-order valence-electron chi connectivity index (χ4n) is 3.03. The molecule has 1 saturated carbocycles. The third kappa shape index (κ3) is 2.82. The van der Waals surface area contributed by atoms with Crippen LogP contribution in [-0.2, 0) is 9.53 Å². The van der Waals surface area contributed by atoms with Crippen LogP contribution >= 0.6 is 0 Å². The molecular formula is C14H21F2NO4. The Morgan fingerprint density at radius 3 is 2.33 bits per heavy atom. The van der Waals surface area contributed by atoms with Crippen molar-refractivity contribution in [2.24, 2.45) is 11.3 Å². The van der Waals surface area contributed by atoms with Crippen LogP contribution < -0.4 is 0 Å². The topological polar surface area (TPSA) is 66.8 Å². The number of nitrogens with zero attached hydrogens (tertiary/aromatic N) is 1. The van der Waals surface area contributed by atoms with Crippen molar-refractivity contribution in [3.05, 3.63) is 0 Å². The van der Waals surface area contributed by atoms with Gasteiger partial charge in [-0.2, -0.15) is 0 Å². The minimum atomic E-state index is -3.18. The highest BCUT2D eigenvalue weighted by molar-refractivity contribution is 5.81. The van der Waals surface area contributed by atoms with E-state index >= 15 is 0 Å². The molecule has 2 unspecified atom stereocenters. The van der Waals surface area contributed by atoms with Gasteiger partial charge in [0.1, 0.15) is 11.0 Å². The maximum Gasteiger partial charge on any atom is 0.410 e. The molecule has 1 aliphatic heterocycles. The SMILES string of the molecule is CC(C)(C)OC(=O)N1CCCC(C2(C(=O)O)CC2(F)F)C1. The van der Waals surface area contributed by atoms with Gasteiger partial charge in [-0.15, -0.1) is 0 Å². The molecule has 0 bridgehead atoms.